The van der Waals surface area contributed by atoms with Crippen LogP contribution in [0.15, 0.2) is 58.7 Å². The highest BCUT2D eigenvalue weighted by Gasteiger charge is 2.11. The first kappa shape index (κ1) is 12.3. The molecule has 0 radical (unpaired) electrons. The molecule has 0 saturated carbocycles. The largest absolute Gasteiger partial charge is 0.389 e. The number of hydrogen-bond acceptors (Lipinski definition) is 3. The lowest BCUT2D eigenvalue weighted by atomic mass is 10.2. The summed E-state index contributed by atoms with van der Waals surface area (Å²) in [6.45, 7) is 1.76. The molecule has 2 aromatic heterocycles. The predicted octanol–water partition coefficient (Wildman–Crippen LogP) is 3.77. The molecule has 3 nitrogen and oxygen atoms in total. The van der Waals surface area contributed by atoms with Gasteiger partial charge in [0.05, 0.1) is 11.1 Å². The number of fused-ring (bicyclic) bond motifs is 1. The topological polar surface area (TPSA) is 48.9 Å². The van der Waals surface area contributed by atoms with Crippen LogP contribution in [0, 0.1) is 0 Å². The van der Waals surface area contributed by atoms with Gasteiger partial charge in [-0.3, -0.25) is 0 Å². The maximum absolute atomic E-state index is 9.76. The molecule has 3 aromatic rings. The molecular formula is C15H14N2OS. The Balaban J connectivity index is 1.97. The lowest BCUT2D eigenvalue weighted by molar-refractivity contribution is 0.195. The summed E-state index contributed by atoms with van der Waals surface area (Å²) in [5.41, 5.74) is 1.96. The third-order valence-corrected chi connectivity index (χ3v) is 3.94. The number of aliphatic hydroxyl groups excluding tert-OH is 1. The molecule has 0 spiro atoms. The molecule has 0 aliphatic heterocycles. The molecule has 0 aliphatic carbocycles. The van der Waals surface area contributed by atoms with Crippen LogP contribution in [-0.2, 0) is 0 Å². The van der Waals surface area contributed by atoms with E-state index in [1.807, 2.05) is 30.3 Å². The third-order valence-electron chi connectivity index (χ3n) is 2.96. The Labute approximate surface area is 115 Å². The number of rotatable bonds is 3. The van der Waals surface area contributed by atoms with E-state index in [1.165, 1.54) is 5.39 Å². The number of aliphatic hydroxyl groups is 1. The summed E-state index contributed by atoms with van der Waals surface area (Å²) < 4.78 is 0. The van der Waals surface area contributed by atoms with Gasteiger partial charge < -0.3 is 10.1 Å². The van der Waals surface area contributed by atoms with Gasteiger partial charge in [-0.05, 0) is 25.1 Å². The Bertz CT molecular complexity index is 673. The van der Waals surface area contributed by atoms with E-state index in [-0.39, 0.29) is 0 Å². The second kappa shape index (κ2) is 5.07. The van der Waals surface area contributed by atoms with Gasteiger partial charge in [0.1, 0.15) is 5.03 Å². The molecule has 1 aromatic carbocycles. The summed E-state index contributed by atoms with van der Waals surface area (Å²) in [5, 5.41) is 12.8. The van der Waals surface area contributed by atoms with Crippen LogP contribution in [-0.4, -0.2) is 15.1 Å². The molecular weight excluding hydrogens is 256 g/mol. The number of hydrogen-bond donors (Lipinski definition) is 2. The average Bonchev–Trinajstić information content (AvgIpc) is 2.81. The van der Waals surface area contributed by atoms with E-state index >= 15 is 0 Å². The third kappa shape index (κ3) is 2.50. The van der Waals surface area contributed by atoms with Crippen LogP contribution < -0.4 is 0 Å². The maximum Gasteiger partial charge on any atom is 0.108 e. The maximum atomic E-state index is 9.76. The van der Waals surface area contributed by atoms with Gasteiger partial charge in [0.25, 0.3) is 0 Å². The SMILES string of the molecule is C[C@H](O)c1cccnc1Sc1cc2ccccc2[nH]1. The van der Waals surface area contributed by atoms with Crippen LogP contribution >= 0.6 is 11.8 Å². The van der Waals surface area contributed by atoms with Crippen molar-refractivity contribution in [2.45, 2.75) is 23.1 Å². The molecule has 1 atom stereocenters. The highest BCUT2D eigenvalue weighted by molar-refractivity contribution is 7.99. The number of H-pyrrole nitrogens is 1. The molecule has 4 heteroatoms. The first-order valence-electron chi connectivity index (χ1n) is 6.12. The van der Waals surface area contributed by atoms with E-state index in [4.69, 9.17) is 0 Å². The molecule has 0 saturated heterocycles. The van der Waals surface area contributed by atoms with Crippen molar-refractivity contribution in [2.75, 3.05) is 0 Å². The average molecular weight is 270 g/mol. The Hall–Kier alpha value is -1.78. The monoisotopic (exact) mass is 270 g/mol. The van der Waals surface area contributed by atoms with Gasteiger partial charge in [0.15, 0.2) is 0 Å². The molecule has 0 unspecified atom stereocenters. The van der Waals surface area contributed by atoms with Crippen LogP contribution in [0.2, 0.25) is 0 Å². The molecule has 3 rings (SSSR count). The molecule has 0 aliphatic rings. The Kier molecular flexibility index (Phi) is 3.27. The van der Waals surface area contributed by atoms with Crippen molar-refractivity contribution < 1.29 is 5.11 Å². The van der Waals surface area contributed by atoms with Gasteiger partial charge >= 0.3 is 0 Å². The Morgan fingerprint density at radius 1 is 1.21 bits per heavy atom. The molecule has 19 heavy (non-hydrogen) atoms. The number of para-hydroxylation sites is 1. The summed E-state index contributed by atoms with van der Waals surface area (Å²) in [7, 11) is 0. The Morgan fingerprint density at radius 3 is 2.84 bits per heavy atom. The van der Waals surface area contributed by atoms with Gasteiger partial charge in [0, 0.05) is 22.7 Å². The molecule has 0 bridgehead atoms. The normalized spacial score (nSPS) is 12.7. The predicted molar refractivity (Wildman–Crippen MR) is 77.3 cm³/mol. The fourth-order valence-electron chi connectivity index (χ4n) is 2.01. The number of benzene rings is 1. The summed E-state index contributed by atoms with van der Waals surface area (Å²) in [6.07, 6.45) is 1.23. The number of aromatic nitrogens is 2. The first-order valence-corrected chi connectivity index (χ1v) is 6.94. The van der Waals surface area contributed by atoms with Gasteiger partial charge in [0.2, 0.25) is 0 Å². The van der Waals surface area contributed by atoms with Crippen LogP contribution in [0.4, 0.5) is 0 Å². The zero-order valence-corrected chi connectivity index (χ0v) is 11.3. The van der Waals surface area contributed by atoms with Crippen molar-refractivity contribution in [1.82, 2.24) is 9.97 Å². The second-order valence-corrected chi connectivity index (χ2v) is 5.43. The minimum Gasteiger partial charge on any atom is -0.389 e. The van der Waals surface area contributed by atoms with Crippen molar-refractivity contribution in [2.24, 2.45) is 0 Å². The van der Waals surface area contributed by atoms with E-state index < -0.39 is 6.10 Å². The van der Waals surface area contributed by atoms with Gasteiger partial charge in [-0.1, -0.05) is 36.0 Å². The minimum atomic E-state index is -0.513. The fraction of sp³-hybridized carbons (Fsp3) is 0.133. The summed E-state index contributed by atoms with van der Waals surface area (Å²) in [6, 6.07) is 14.0. The standard InChI is InChI=1S/C15H14N2OS/c1-10(18)12-6-4-8-16-15(12)19-14-9-11-5-2-3-7-13(11)17-14/h2-10,17-18H,1H3/t10-/m0/s1. The molecule has 0 fully saturated rings. The van der Waals surface area contributed by atoms with Crippen molar-refractivity contribution in [3.63, 3.8) is 0 Å². The van der Waals surface area contributed by atoms with Crippen molar-refractivity contribution in [3.8, 4) is 0 Å². The molecule has 0 amide bonds. The lowest BCUT2D eigenvalue weighted by Crippen LogP contribution is -1.95. The van der Waals surface area contributed by atoms with Gasteiger partial charge in [-0.15, -0.1) is 0 Å². The lowest BCUT2D eigenvalue weighted by Gasteiger charge is -2.08. The quantitative estimate of drug-likeness (QED) is 0.761. The van der Waals surface area contributed by atoms with Crippen molar-refractivity contribution in [3.05, 3.63) is 54.2 Å². The molecule has 2 N–H and O–H groups in total. The van der Waals surface area contributed by atoms with E-state index in [9.17, 15) is 5.11 Å². The number of aromatic amines is 1. The molecule has 96 valence electrons. The van der Waals surface area contributed by atoms with Gasteiger partial charge in [-0.2, -0.15) is 0 Å². The zero-order valence-electron chi connectivity index (χ0n) is 10.5. The first-order chi connectivity index (χ1) is 9.24. The minimum absolute atomic E-state index is 0.513. The van der Waals surface area contributed by atoms with E-state index in [0.29, 0.717) is 0 Å². The van der Waals surface area contributed by atoms with Crippen LogP contribution in [0.5, 0.6) is 0 Å². The summed E-state index contributed by atoms with van der Waals surface area (Å²) in [5.74, 6) is 0. The number of nitrogens with zero attached hydrogens (tertiary/aromatic N) is 1. The van der Waals surface area contributed by atoms with Gasteiger partial charge in [-0.25, -0.2) is 4.98 Å². The van der Waals surface area contributed by atoms with E-state index in [0.717, 1.165) is 21.1 Å². The Morgan fingerprint density at radius 2 is 2.05 bits per heavy atom. The van der Waals surface area contributed by atoms with E-state index in [1.54, 1.807) is 24.9 Å². The second-order valence-electron chi connectivity index (χ2n) is 4.40. The molecule has 2 heterocycles. The van der Waals surface area contributed by atoms with Crippen molar-refractivity contribution in [1.29, 1.82) is 0 Å². The zero-order chi connectivity index (χ0) is 13.2. The number of pyridine rings is 1. The number of nitrogens with one attached hydrogen (secondary N) is 1. The summed E-state index contributed by atoms with van der Waals surface area (Å²) in [4.78, 5) is 7.70. The van der Waals surface area contributed by atoms with Crippen LogP contribution in [0.1, 0.15) is 18.6 Å². The smallest absolute Gasteiger partial charge is 0.108 e. The van der Waals surface area contributed by atoms with Crippen LogP contribution in [0.25, 0.3) is 10.9 Å². The van der Waals surface area contributed by atoms with Crippen molar-refractivity contribution >= 4 is 22.7 Å². The summed E-state index contributed by atoms with van der Waals surface area (Å²) >= 11 is 1.54. The highest BCUT2D eigenvalue weighted by Crippen LogP contribution is 2.32. The highest BCUT2D eigenvalue weighted by atomic mass is 32.2. The fourth-order valence-corrected chi connectivity index (χ4v) is 3.04. The van der Waals surface area contributed by atoms with Crippen LogP contribution in [0.3, 0.4) is 0 Å². The van der Waals surface area contributed by atoms with E-state index in [2.05, 4.69) is 22.1 Å².